The van der Waals surface area contributed by atoms with E-state index in [2.05, 4.69) is 9.88 Å². The zero-order chi connectivity index (χ0) is 19.7. The molecule has 0 saturated carbocycles. The van der Waals surface area contributed by atoms with Gasteiger partial charge in [-0.1, -0.05) is 12.1 Å². The zero-order valence-corrected chi connectivity index (χ0v) is 16.9. The molecule has 0 spiro atoms. The molecule has 150 valence electrons. The number of thiazole rings is 1. The average Bonchev–Trinajstić information content (AvgIpc) is 3.05. The number of hydrogen-bond donors (Lipinski definition) is 2. The number of hydrogen-bond acceptors (Lipinski definition) is 7. The lowest BCUT2D eigenvalue weighted by molar-refractivity contribution is -0.160. The number of aromatic nitrogens is 1. The van der Waals surface area contributed by atoms with Crippen molar-refractivity contribution in [1.29, 1.82) is 0 Å². The van der Waals surface area contributed by atoms with Crippen LogP contribution in [0.5, 0.6) is 5.75 Å². The van der Waals surface area contributed by atoms with Gasteiger partial charge < -0.3 is 20.5 Å². The summed E-state index contributed by atoms with van der Waals surface area (Å²) in [5.74, 6) is 0.585. The number of piperidine rings is 1. The highest BCUT2D eigenvalue weighted by Gasteiger charge is 2.43. The summed E-state index contributed by atoms with van der Waals surface area (Å²) in [5, 5.41) is 11.8. The van der Waals surface area contributed by atoms with E-state index in [4.69, 9.17) is 10.5 Å². The maximum atomic E-state index is 13.1. The lowest BCUT2D eigenvalue weighted by atomic mass is 9.90. The molecule has 0 aliphatic carbocycles. The van der Waals surface area contributed by atoms with Crippen molar-refractivity contribution in [1.82, 2.24) is 14.8 Å². The van der Waals surface area contributed by atoms with Gasteiger partial charge in [0.15, 0.2) is 10.7 Å². The molecule has 2 aromatic rings. The average molecular weight is 403 g/mol. The van der Waals surface area contributed by atoms with Crippen molar-refractivity contribution < 1.29 is 14.6 Å². The number of β-amino-alcohol motifs (C(OH)–C–C–N with tert-alkyl or cyclic N) is 1. The van der Waals surface area contributed by atoms with Crippen LogP contribution in [-0.2, 0) is 24.3 Å². The Bertz CT molecular complexity index is 871. The number of methoxy groups -OCH3 is 1. The number of ether oxygens (including phenoxy) is 1. The van der Waals surface area contributed by atoms with Gasteiger partial charge in [0.2, 0.25) is 0 Å². The number of amides is 1. The maximum absolute atomic E-state index is 13.1. The second-order valence-corrected chi connectivity index (χ2v) is 8.71. The zero-order valence-electron chi connectivity index (χ0n) is 16.1. The van der Waals surface area contributed by atoms with E-state index in [0.717, 1.165) is 41.3 Å². The second kappa shape index (κ2) is 7.69. The SMILES string of the molecule is COc1cccc(CN2CCCC(O)(CN3CCc4nc(N)sc4C3)C2=O)c1. The fraction of sp³-hybridized carbons (Fsp3) is 0.500. The Morgan fingerprint density at radius 1 is 1.39 bits per heavy atom. The van der Waals surface area contributed by atoms with Crippen LogP contribution in [0.2, 0.25) is 0 Å². The number of rotatable bonds is 5. The van der Waals surface area contributed by atoms with Gasteiger partial charge in [-0.2, -0.15) is 0 Å². The first-order valence-corrected chi connectivity index (χ1v) is 10.4. The Morgan fingerprint density at radius 2 is 2.25 bits per heavy atom. The highest BCUT2D eigenvalue weighted by molar-refractivity contribution is 7.15. The van der Waals surface area contributed by atoms with E-state index >= 15 is 0 Å². The molecule has 1 atom stereocenters. The predicted molar refractivity (Wildman–Crippen MR) is 108 cm³/mol. The van der Waals surface area contributed by atoms with Crippen molar-refractivity contribution in [2.45, 2.75) is 38.0 Å². The van der Waals surface area contributed by atoms with Gasteiger partial charge in [-0.15, -0.1) is 11.3 Å². The van der Waals surface area contributed by atoms with Crippen molar-refractivity contribution in [3.8, 4) is 5.75 Å². The molecule has 1 unspecified atom stereocenters. The molecule has 3 N–H and O–H groups in total. The molecule has 2 aliphatic heterocycles. The minimum absolute atomic E-state index is 0.184. The highest BCUT2D eigenvalue weighted by Crippen LogP contribution is 2.30. The summed E-state index contributed by atoms with van der Waals surface area (Å²) in [7, 11) is 1.63. The standard InChI is InChI=1S/C20H26N4O3S/c1-27-15-5-2-4-14(10-15)11-24-8-3-7-20(26,18(24)25)13-23-9-6-16-17(12-23)28-19(21)22-16/h2,4-5,10,26H,3,6-9,11-13H2,1H3,(H2,21,22). The minimum atomic E-state index is -1.34. The summed E-state index contributed by atoms with van der Waals surface area (Å²) in [6.45, 7) is 2.96. The topological polar surface area (TPSA) is 91.9 Å². The first kappa shape index (κ1) is 19.2. The third kappa shape index (κ3) is 3.85. The van der Waals surface area contributed by atoms with Gasteiger partial charge in [-0.25, -0.2) is 4.98 Å². The van der Waals surface area contributed by atoms with E-state index in [1.54, 1.807) is 12.0 Å². The van der Waals surface area contributed by atoms with Gasteiger partial charge in [0, 0.05) is 44.0 Å². The molecule has 7 nitrogen and oxygen atoms in total. The van der Waals surface area contributed by atoms with Crippen molar-refractivity contribution >= 4 is 22.4 Å². The summed E-state index contributed by atoms with van der Waals surface area (Å²) >= 11 is 1.50. The number of nitrogens with zero attached hydrogens (tertiary/aromatic N) is 3. The number of anilines is 1. The Hall–Kier alpha value is -2.16. The number of nitrogens with two attached hydrogens (primary N) is 1. The summed E-state index contributed by atoms with van der Waals surface area (Å²) in [6.07, 6.45) is 2.09. The fourth-order valence-corrected chi connectivity index (χ4v) is 5.05. The van der Waals surface area contributed by atoms with Crippen LogP contribution in [0.3, 0.4) is 0 Å². The van der Waals surface area contributed by atoms with Gasteiger partial charge in [-0.3, -0.25) is 9.69 Å². The summed E-state index contributed by atoms with van der Waals surface area (Å²) < 4.78 is 5.27. The van der Waals surface area contributed by atoms with E-state index in [1.807, 2.05) is 24.3 Å². The van der Waals surface area contributed by atoms with Gasteiger partial charge >= 0.3 is 0 Å². The maximum Gasteiger partial charge on any atom is 0.256 e. The van der Waals surface area contributed by atoms with Crippen LogP contribution < -0.4 is 10.5 Å². The molecule has 0 bridgehead atoms. The van der Waals surface area contributed by atoms with Crippen molar-refractivity contribution in [2.75, 3.05) is 32.5 Å². The highest BCUT2D eigenvalue weighted by atomic mass is 32.1. The van der Waals surface area contributed by atoms with Gasteiger partial charge in [0.1, 0.15) is 5.75 Å². The molecule has 2 aliphatic rings. The quantitative estimate of drug-likeness (QED) is 0.790. The number of likely N-dealkylation sites (tertiary alicyclic amines) is 1. The predicted octanol–water partition coefficient (Wildman–Crippen LogP) is 1.65. The van der Waals surface area contributed by atoms with E-state index in [1.165, 1.54) is 11.3 Å². The second-order valence-electron chi connectivity index (χ2n) is 7.60. The van der Waals surface area contributed by atoms with Crippen molar-refractivity contribution in [3.63, 3.8) is 0 Å². The summed E-state index contributed by atoms with van der Waals surface area (Å²) in [5.41, 5.74) is 6.53. The van der Waals surface area contributed by atoms with Crippen LogP contribution in [0.4, 0.5) is 5.13 Å². The normalized spacial score (nSPS) is 22.9. The van der Waals surface area contributed by atoms with E-state index in [9.17, 15) is 9.90 Å². The van der Waals surface area contributed by atoms with E-state index in [-0.39, 0.29) is 5.91 Å². The molecule has 1 aromatic heterocycles. The molecule has 0 radical (unpaired) electrons. The number of aliphatic hydroxyl groups is 1. The van der Waals surface area contributed by atoms with Crippen LogP contribution in [-0.4, -0.2) is 58.1 Å². The molecule has 4 rings (SSSR count). The Kier molecular flexibility index (Phi) is 5.27. The summed E-state index contributed by atoms with van der Waals surface area (Å²) in [6, 6.07) is 7.71. The van der Waals surface area contributed by atoms with Crippen LogP contribution in [0.25, 0.3) is 0 Å². The Balaban J connectivity index is 1.44. The molecule has 1 saturated heterocycles. The Labute approximate surface area is 168 Å². The number of carbonyl (C=O) groups excluding carboxylic acids is 1. The number of nitrogen functional groups attached to an aromatic ring is 1. The number of carbonyl (C=O) groups is 1. The molecular formula is C20H26N4O3S. The van der Waals surface area contributed by atoms with Crippen LogP contribution in [0.15, 0.2) is 24.3 Å². The van der Waals surface area contributed by atoms with Crippen LogP contribution in [0.1, 0.15) is 29.0 Å². The minimum Gasteiger partial charge on any atom is -0.497 e. The molecule has 1 aromatic carbocycles. The monoisotopic (exact) mass is 402 g/mol. The molecule has 28 heavy (non-hydrogen) atoms. The third-order valence-corrected chi connectivity index (χ3v) is 6.43. The fourth-order valence-electron chi connectivity index (χ4n) is 4.13. The first-order valence-electron chi connectivity index (χ1n) is 9.58. The van der Waals surface area contributed by atoms with Gasteiger partial charge in [-0.05, 0) is 30.5 Å². The van der Waals surface area contributed by atoms with Crippen molar-refractivity contribution in [3.05, 3.63) is 40.4 Å². The van der Waals surface area contributed by atoms with Crippen molar-refractivity contribution in [2.24, 2.45) is 0 Å². The lowest BCUT2D eigenvalue weighted by Crippen LogP contribution is -2.58. The summed E-state index contributed by atoms with van der Waals surface area (Å²) in [4.78, 5) is 22.5. The third-order valence-electron chi connectivity index (χ3n) is 5.52. The van der Waals surface area contributed by atoms with E-state index in [0.29, 0.717) is 37.7 Å². The Morgan fingerprint density at radius 3 is 3.07 bits per heavy atom. The lowest BCUT2D eigenvalue weighted by Gasteiger charge is -2.41. The van der Waals surface area contributed by atoms with E-state index < -0.39 is 5.60 Å². The molecular weight excluding hydrogens is 376 g/mol. The number of benzene rings is 1. The van der Waals surface area contributed by atoms with Gasteiger partial charge in [0.05, 0.1) is 12.8 Å². The van der Waals surface area contributed by atoms with Gasteiger partial charge in [0.25, 0.3) is 5.91 Å². The van der Waals surface area contributed by atoms with Crippen LogP contribution in [0, 0.1) is 0 Å². The smallest absolute Gasteiger partial charge is 0.256 e. The largest absolute Gasteiger partial charge is 0.497 e. The molecule has 1 fully saturated rings. The molecule has 3 heterocycles. The number of fused-ring (bicyclic) bond motifs is 1. The first-order chi connectivity index (χ1) is 13.5. The van der Waals surface area contributed by atoms with Crippen LogP contribution >= 0.6 is 11.3 Å². The molecule has 1 amide bonds. The molecule has 8 heteroatoms.